The van der Waals surface area contributed by atoms with Crippen molar-refractivity contribution in [3.8, 4) is 11.3 Å². The van der Waals surface area contributed by atoms with Gasteiger partial charge in [-0.2, -0.15) is 0 Å². The maximum atomic E-state index is 13.7. The molecule has 2 atom stereocenters. The van der Waals surface area contributed by atoms with Gasteiger partial charge in [0.05, 0.1) is 35.6 Å². The summed E-state index contributed by atoms with van der Waals surface area (Å²) in [5.41, 5.74) is 5.45. The highest BCUT2D eigenvalue weighted by Crippen LogP contribution is 2.34. The molecule has 0 aliphatic heterocycles. The Morgan fingerprint density at radius 1 is 0.872 bits per heavy atom. The van der Waals surface area contributed by atoms with E-state index in [4.69, 9.17) is 19.2 Å². The Morgan fingerprint density at radius 3 is 1.87 bits per heavy atom. The average Bonchev–Trinajstić information content (AvgIpc) is 2.78. The zero-order chi connectivity index (χ0) is 28.6. The molecule has 2 rings (SSSR count). The predicted molar refractivity (Wildman–Crippen MR) is 153 cm³/mol. The number of pyridine rings is 1. The van der Waals surface area contributed by atoms with E-state index in [2.05, 4.69) is 12.1 Å². The summed E-state index contributed by atoms with van der Waals surface area (Å²) in [7, 11) is 0. The molecule has 8 heteroatoms. The molecule has 2 unspecified atom stereocenters. The summed E-state index contributed by atoms with van der Waals surface area (Å²) in [5, 5.41) is 0. The second-order valence-corrected chi connectivity index (χ2v) is 10.3. The summed E-state index contributed by atoms with van der Waals surface area (Å²) in [4.78, 5) is 45.1. The van der Waals surface area contributed by atoms with Crippen LogP contribution in [-0.2, 0) is 28.6 Å². The average molecular weight is 543 g/mol. The van der Waals surface area contributed by atoms with Crippen LogP contribution in [0.2, 0.25) is 0 Å². The van der Waals surface area contributed by atoms with Crippen LogP contribution in [0.4, 0.5) is 0 Å². The SMILES string of the molecule is CCCC(=O)C(c1cccc(-c2c(C)cc(C)cc2C)n1)C(OCC)C(C(=O)OC(C)C)C(=O)OC(C)C.N. The molecular weight excluding hydrogens is 496 g/mol. The molecule has 0 spiro atoms. The molecule has 1 aromatic carbocycles. The molecule has 216 valence electrons. The first-order chi connectivity index (χ1) is 17.9. The third-order valence-electron chi connectivity index (χ3n) is 6.09. The Hall–Kier alpha value is -3.10. The largest absolute Gasteiger partial charge is 0.462 e. The molecule has 0 amide bonds. The van der Waals surface area contributed by atoms with Gasteiger partial charge in [0.15, 0.2) is 5.92 Å². The first kappa shape index (κ1) is 33.9. The maximum Gasteiger partial charge on any atom is 0.323 e. The highest BCUT2D eigenvalue weighted by Gasteiger charge is 2.46. The fourth-order valence-electron chi connectivity index (χ4n) is 4.82. The number of aromatic nitrogens is 1. The van der Waals surface area contributed by atoms with Gasteiger partial charge in [-0.05, 0) is 85.1 Å². The van der Waals surface area contributed by atoms with Gasteiger partial charge in [0, 0.05) is 18.6 Å². The number of esters is 2. The van der Waals surface area contributed by atoms with Crippen LogP contribution in [0.3, 0.4) is 0 Å². The van der Waals surface area contributed by atoms with Gasteiger partial charge in [-0.3, -0.25) is 19.4 Å². The number of nitrogens with zero attached hydrogens (tertiary/aromatic N) is 1. The fourth-order valence-corrected chi connectivity index (χ4v) is 4.82. The van der Waals surface area contributed by atoms with E-state index in [-0.39, 0.29) is 25.0 Å². The van der Waals surface area contributed by atoms with Crippen LogP contribution < -0.4 is 6.15 Å². The first-order valence-corrected chi connectivity index (χ1v) is 13.5. The zero-order valence-corrected chi connectivity index (χ0v) is 25.0. The van der Waals surface area contributed by atoms with Crippen molar-refractivity contribution in [1.29, 1.82) is 0 Å². The van der Waals surface area contributed by atoms with E-state index in [1.165, 1.54) is 0 Å². The molecular formula is C31H46N2O6. The van der Waals surface area contributed by atoms with Crippen LogP contribution in [-0.4, -0.2) is 47.6 Å². The number of ether oxygens (including phenoxy) is 3. The van der Waals surface area contributed by atoms with Gasteiger partial charge in [0.2, 0.25) is 0 Å². The highest BCUT2D eigenvalue weighted by atomic mass is 16.6. The van der Waals surface area contributed by atoms with Gasteiger partial charge >= 0.3 is 11.9 Å². The number of rotatable bonds is 13. The minimum Gasteiger partial charge on any atom is -0.462 e. The lowest BCUT2D eigenvalue weighted by atomic mass is 9.83. The predicted octanol–water partition coefficient (Wildman–Crippen LogP) is 6.21. The van der Waals surface area contributed by atoms with E-state index in [0.717, 1.165) is 22.3 Å². The molecule has 39 heavy (non-hydrogen) atoms. The van der Waals surface area contributed by atoms with E-state index in [1.54, 1.807) is 40.7 Å². The number of carbonyl (C=O) groups is 3. The number of hydrogen-bond donors (Lipinski definition) is 1. The van der Waals surface area contributed by atoms with Crippen LogP contribution in [0.15, 0.2) is 30.3 Å². The summed E-state index contributed by atoms with van der Waals surface area (Å²) in [6.45, 7) is 16.8. The smallest absolute Gasteiger partial charge is 0.323 e. The lowest BCUT2D eigenvalue weighted by molar-refractivity contribution is -0.175. The topological polar surface area (TPSA) is 127 Å². The van der Waals surface area contributed by atoms with E-state index in [9.17, 15) is 14.4 Å². The number of benzene rings is 1. The zero-order valence-electron chi connectivity index (χ0n) is 25.0. The Bertz CT molecular complexity index is 1080. The summed E-state index contributed by atoms with van der Waals surface area (Å²) < 4.78 is 16.9. The Morgan fingerprint density at radius 2 is 1.41 bits per heavy atom. The van der Waals surface area contributed by atoms with Gasteiger partial charge in [-0.15, -0.1) is 0 Å². The van der Waals surface area contributed by atoms with Crippen molar-refractivity contribution in [2.45, 2.75) is 99.4 Å². The molecule has 0 bridgehead atoms. The Balaban J connectivity index is 0.00000760. The number of aryl methyl sites for hydroxylation is 3. The quantitative estimate of drug-likeness (QED) is 0.234. The van der Waals surface area contributed by atoms with Gasteiger partial charge < -0.3 is 20.4 Å². The minimum atomic E-state index is -1.45. The normalized spacial score (nSPS) is 12.7. The molecule has 0 radical (unpaired) electrons. The number of hydrogen-bond acceptors (Lipinski definition) is 8. The van der Waals surface area contributed by atoms with Crippen molar-refractivity contribution >= 4 is 17.7 Å². The van der Waals surface area contributed by atoms with Gasteiger partial charge in [0.25, 0.3) is 0 Å². The molecule has 0 fully saturated rings. The van der Waals surface area contributed by atoms with Crippen molar-refractivity contribution in [1.82, 2.24) is 11.1 Å². The molecule has 0 aliphatic carbocycles. The molecule has 0 saturated carbocycles. The van der Waals surface area contributed by atoms with Crippen molar-refractivity contribution in [2.75, 3.05) is 6.61 Å². The molecule has 1 aromatic heterocycles. The highest BCUT2D eigenvalue weighted by molar-refractivity contribution is 5.97. The number of ketones is 1. The molecule has 0 saturated heterocycles. The third kappa shape index (κ3) is 8.97. The van der Waals surface area contributed by atoms with Crippen LogP contribution in [0, 0.1) is 26.7 Å². The van der Waals surface area contributed by atoms with E-state index in [1.807, 2.05) is 39.8 Å². The van der Waals surface area contributed by atoms with E-state index in [0.29, 0.717) is 17.8 Å². The minimum absolute atomic E-state index is 0. The van der Waals surface area contributed by atoms with Gasteiger partial charge in [-0.25, -0.2) is 0 Å². The van der Waals surface area contributed by atoms with Crippen molar-refractivity contribution < 1.29 is 28.6 Å². The summed E-state index contributed by atoms with van der Waals surface area (Å²) in [6.07, 6.45) is -1.22. The van der Waals surface area contributed by atoms with Crippen LogP contribution in [0.1, 0.15) is 82.7 Å². The molecule has 3 N–H and O–H groups in total. The van der Waals surface area contributed by atoms with Crippen LogP contribution in [0.25, 0.3) is 11.3 Å². The number of carbonyl (C=O) groups excluding carboxylic acids is 3. The van der Waals surface area contributed by atoms with Gasteiger partial charge in [0.1, 0.15) is 5.78 Å². The molecule has 0 aliphatic rings. The van der Waals surface area contributed by atoms with Crippen molar-refractivity contribution in [2.24, 2.45) is 5.92 Å². The monoisotopic (exact) mass is 542 g/mol. The van der Waals surface area contributed by atoms with E-state index >= 15 is 0 Å². The fraction of sp³-hybridized carbons (Fsp3) is 0.548. The Labute approximate surface area is 233 Å². The number of Topliss-reactive ketones (excluding diaryl/α,β-unsaturated/α-hetero) is 1. The molecule has 2 aromatic rings. The maximum absolute atomic E-state index is 13.7. The third-order valence-corrected chi connectivity index (χ3v) is 6.09. The second kappa shape index (κ2) is 15.5. The van der Waals surface area contributed by atoms with Crippen molar-refractivity contribution in [3.05, 3.63) is 52.7 Å². The summed E-state index contributed by atoms with van der Waals surface area (Å²) >= 11 is 0. The van der Waals surface area contributed by atoms with Crippen LogP contribution >= 0.6 is 0 Å². The Kier molecular flexibility index (Phi) is 13.5. The summed E-state index contributed by atoms with van der Waals surface area (Å²) in [6, 6.07) is 9.70. The van der Waals surface area contributed by atoms with Crippen molar-refractivity contribution in [3.63, 3.8) is 0 Å². The first-order valence-electron chi connectivity index (χ1n) is 13.5. The standard InChI is InChI=1S/C31H43NO6.H3N/c1-10-13-25(33)27(24-15-12-14-23(32-24)26-21(8)16-20(7)17-22(26)9)29(36-11-2)28(30(34)37-18(3)4)31(35)38-19(5)6;/h12,14-19,27-29H,10-11,13H2,1-9H3;1H3. The van der Waals surface area contributed by atoms with E-state index < -0.39 is 42.1 Å². The van der Waals surface area contributed by atoms with Gasteiger partial charge in [-0.1, -0.05) is 30.7 Å². The van der Waals surface area contributed by atoms with Crippen LogP contribution in [0.5, 0.6) is 0 Å². The second-order valence-electron chi connectivity index (χ2n) is 10.3. The summed E-state index contributed by atoms with van der Waals surface area (Å²) in [5.74, 6) is -4.13. The molecule has 1 heterocycles. The molecule has 8 nitrogen and oxygen atoms in total. The lowest BCUT2D eigenvalue weighted by Gasteiger charge is -2.31. The lowest BCUT2D eigenvalue weighted by Crippen LogP contribution is -2.46.